The van der Waals surface area contributed by atoms with Crippen molar-refractivity contribution < 1.29 is 38.2 Å². The number of carbonyl (C=O) groups excluding carboxylic acids is 2. The summed E-state index contributed by atoms with van der Waals surface area (Å²) in [6.07, 6.45) is 47.9. The van der Waals surface area contributed by atoms with Gasteiger partial charge in [0.1, 0.15) is 6.61 Å². The van der Waals surface area contributed by atoms with Crippen LogP contribution in [0.25, 0.3) is 0 Å². The molecule has 0 spiro atoms. The maximum atomic E-state index is 12.8. The van der Waals surface area contributed by atoms with Crippen molar-refractivity contribution in [3.05, 3.63) is 24.3 Å². The van der Waals surface area contributed by atoms with Crippen LogP contribution < -0.4 is 0 Å². The second-order valence-corrected chi connectivity index (χ2v) is 18.1. The quantitative estimate of drug-likeness (QED) is 0.0282. The number of likely N-dealkylation sites (N-methyl/N-ethyl adjacent to an activating group) is 1. The van der Waals surface area contributed by atoms with E-state index >= 15 is 0 Å². The van der Waals surface area contributed by atoms with Gasteiger partial charge in [-0.05, 0) is 64.2 Å². The van der Waals surface area contributed by atoms with Crippen molar-refractivity contribution in [1.29, 1.82) is 0 Å². The Bertz CT molecular complexity index is 1020. The van der Waals surface area contributed by atoms with E-state index in [4.69, 9.17) is 14.2 Å². The summed E-state index contributed by atoms with van der Waals surface area (Å²) < 4.78 is 17.3. The Balaban J connectivity index is 4.24. The molecular weight excluding hydrogens is 739 g/mol. The zero-order valence-corrected chi connectivity index (χ0v) is 39.5. The van der Waals surface area contributed by atoms with Gasteiger partial charge in [-0.15, -0.1) is 0 Å². The first-order valence-electron chi connectivity index (χ1n) is 24.9. The fourth-order valence-electron chi connectivity index (χ4n) is 7.43. The summed E-state index contributed by atoms with van der Waals surface area (Å²) in [6.45, 7) is 4.74. The van der Waals surface area contributed by atoms with Crippen LogP contribution in [0.2, 0.25) is 0 Å². The van der Waals surface area contributed by atoms with Gasteiger partial charge in [0.05, 0.1) is 34.4 Å². The van der Waals surface area contributed by atoms with E-state index in [1.165, 1.54) is 161 Å². The Morgan fingerprint density at radius 3 is 1.24 bits per heavy atom. The van der Waals surface area contributed by atoms with Gasteiger partial charge in [0.2, 0.25) is 0 Å². The van der Waals surface area contributed by atoms with Gasteiger partial charge in [-0.25, -0.2) is 4.79 Å². The van der Waals surface area contributed by atoms with Crippen LogP contribution in [0.15, 0.2) is 24.3 Å². The molecule has 0 aliphatic carbocycles. The molecule has 8 heteroatoms. The summed E-state index contributed by atoms with van der Waals surface area (Å²) >= 11 is 0. The molecule has 1 N–H and O–H groups in total. The summed E-state index contributed by atoms with van der Waals surface area (Å²) in [4.78, 5) is 37.1. The van der Waals surface area contributed by atoms with E-state index in [1.807, 2.05) is 21.1 Å². The molecule has 0 saturated carbocycles. The van der Waals surface area contributed by atoms with Gasteiger partial charge < -0.3 is 23.8 Å². The van der Waals surface area contributed by atoms with E-state index in [0.717, 1.165) is 38.5 Å². The van der Waals surface area contributed by atoms with Crippen LogP contribution in [0.5, 0.6) is 0 Å². The molecule has 59 heavy (non-hydrogen) atoms. The number of aliphatic carboxylic acids is 1. The third kappa shape index (κ3) is 41.0. The summed E-state index contributed by atoms with van der Waals surface area (Å²) in [7, 11) is 5.54. The Kier molecular flexibility index (Phi) is 40.9. The van der Waals surface area contributed by atoms with Crippen LogP contribution >= 0.6 is 0 Å². The summed E-state index contributed by atoms with van der Waals surface area (Å²) in [6, 6.07) is -0.614. The maximum Gasteiger partial charge on any atom is 0.362 e. The van der Waals surface area contributed by atoms with E-state index in [9.17, 15) is 19.5 Å². The standard InChI is InChI=1S/C51H95NO7/c1-6-8-10-12-14-16-18-20-22-23-24-25-26-28-29-31-33-35-37-39-41-49(53)58-46-47(45-57-44-43-48(51(55)56)52(3,4)5)59-50(54)42-40-38-36-34-32-30-27-21-19-17-15-13-11-9-7-2/h17,19,24-25,47-48H,6-16,18,20-23,26-46H2,1-5H3/p+1/b19-17+,25-24+. The molecule has 0 radical (unpaired) electrons. The monoisotopic (exact) mass is 835 g/mol. The number of hydrogen-bond acceptors (Lipinski definition) is 6. The lowest BCUT2D eigenvalue weighted by molar-refractivity contribution is -0.887. The summed E-state index contributed by atoms with van der Waals surface area (Å²) in [5.74, 6) is -1.47. The number of carboxylic acid groups (broad SMARTS) is 1. The lowest BCUT2D eigenvalue weighted by Gasteiger charge is -2.31. The molecule has 0 aliphatic heterocycles. The van der Waals surface area contributed by atoms with E-state index in [2.05, 4.69) is 38.2 Å². The van der Waals surface area contributed by atoms with Crippen molar-refractivity contribution >= 4 is 17.9 Å². The molecule has 0 aliphatic rings. The smallest absolute Gasteiger partial charge is 0.362 e. The van der Waals surface area contributed by atoms with Crippen molar-refractivity contribution in [2.75, 3.05) is 41.0 Å². The van der Waals surface area contributed by atoms with E-state index in [-0.39, 0.29) is 36.2 Å². The van der Waals surface area contributed by atoms with E-state index in [0.29, 0.717) is 19.3 Å². The lowest BCUT2D eigenvalue weighted by atomic mass is 10.1. The van der Waals surface area contributed by atoms with Crippen LogP contribution in [0.3, 0.4) is 0 Å². The molecular formula is C51H96NO7+. The number of nitrogens with zero attached hydrogens (tertiary/aromatic N) is 1. The summed E-state index contributed by atoms with van der Waals surface area (Å²) in [5, 5.41) is 9.64. The SMILES string of the molecule is CCCCCC/C=C/CCCCCCCCCC(=O)OC(COCCC(C(=O)O)[N+](C)(C)C)COC(=O)CCCCCCCCC/C=C/CCCCCCCCCCC. The van der Waals surface area contributed by atoms with Crippen molar-refractivity contribution in [2.45, 2.75) is 244 Å². The van der Waals surface area contributed by atoms with Gasteiger partial charge in [0.15, 0.2) is 12.1 Å². The van der Waals surface area contributed by atoms with Crippen LogP contribution in [-0.4, -0.2) is 80.6 Å². The number of carbonyl (C=O) groups is 3. The van der Waals surface area contributed by atoms with E-state index in [1.54, 1.807) is 0 Å². The molecule has 0 rings (SSSR count). The van der Waals surface area contributed by atoms with Crippen molar-refractivity contribution in [2.24, 2.45) is 0 Å². The Hall–Kier alpha value is -2.19. The normalized spacial score (nSPS) is 13.0. The van der Waals surface area contributed by atoms with E-state index < -0.39 is 18.1 Å². The Morgan fingerprint density at radius 1 is 0.492 bits per heavy atom. The molecule has 0 aromatic rings. The second kappa shape index (κ2) is 42.5. The van der Waals surface area contributed by atoms with Gasteiger partial charge in [0, 0.05) is 19.3 Å². The largest absolute Gasteiger partial charge is 0.477 e. The number of carboxylic acids is 1. The molecule has 0 fully saturated rings. The topological polar surface area (TPSA) is 99.1 Å². The average molecular weight is 835 g/mol. The molecule has 0 bridgehead atoms. The van der Waals surface area contributed by atoms with Gasteiger partial charge in [-0.2, -0.15) is 0 Å². The van der Waals surface area contributed by atoms with Crippen LogP contribution in [0, 0.1) is 0 Å². The molecule has 346 valence electrons. The molecule has 0 saturated heterocycles. The number of quaternary nitrogens is 1. The number of rotatable bonds is 45. The number of allylic oxidation sites excluding steroid dienone is 4. The second-order valence-electron chi connectivity index (χ2n) is 18.1. The number of unbranched alkanes of at least 4 members (excludes halogenated alkanes) is 27. The third-order valence-corrected chi connectivity index (χ3v) is 11.3. The highest BCUT2D eigenvalue weighted by Crippen LogP contribution is 2.15. The Morgan fingerprint density at radius 2 is 0.847 bits per heavy atom. The van der Waals surface area contributed by atoms with Crippen molar-refractivity contribution in [3.63, 3.8) is 0 Å². The maximum absolute atomic E-state index is 12.8. The van der Waals surface area contributed by atoms with Crippen molar-refractivity contribution in [1.82, 2.24) is 0 Å². The number of hydrogen-bond donors (Lipinski definition) is 1. The molecule has 0 aromatic carbocycles. The molecule has 2 unspecified atom stereocenters. The Labute approximate surface area is 364 Å². The molecule has 0 heterocycles. The molecule has 0 aromatic heterocycles. The van der Waals surface area contributed by atoms with Gasteiger partial charge in [-0.3, -0.25) is 9.59 Å². The highest BCUT2D eigenvalue weighted by molar-refractivity contribution is 5.72. The predicted octanol–water partition coefficient (Wildman–Crippen LogP) is 14.0. The molecule has 8 nitrogen and oxygen atoms in total. The van der Waals surface area contributed by atoms with Crippen LogP contribution in [-0.2, 0) is 28.6 Å². The number of ether oxygens (including phenoxy) is 3. The fourth-order valence-corrected chi connectivity index (χ4v) is 7.43. The minimum Gasteiger partial charge on any atom is -0.477 e. The zero-order chi connectivity index (χ0) is 43.5. The highest BCUT2D eigenvalue weighted by atomic mass is 16.6. The third-order valence-electron chi connectivity index (χ3n) is 11.3. The highest BCUT2D eigenvalue weighted by Gasteiger charge is 2.31. The molecule has 2 atom stereocenters. The first kappa shape index (κ1) is 56.8. The predicted molar refractivity (Wildman–Crippen MR) is 248 cm³/mol. The van der Waals surface area contributed by atoms with Crippen molar-refractivity contribution in [3.8, 4) is 0 Å². The first-order valence-corrected chi connectivity index (χ1v) is 24.9. The minimum atomic E-state index is -0.874. The van der Waals surface area contributed by atoms with Crippen LogP contribution in [0.4, 0.5) is 0 Å². The number of esters is 2. The lowest BCUT2D eigenvalue weighted by Crippen LogP contribution is -2.50. The average Bonchev–Trinajstić information content (AvgIpc) is 3.19. The van der Waals surface area contributed by atoms with Gasteiger partial charge in [0.25, 0.3) is 0 Å². The minimum absolute atomic E-state index is 0.0516. The van der Waals surface area contributed by atoms with Gasteiger partial charge >= 0.3 is 17.9 Å². The molecule has 0 amide bonds. The first-order chi connectivity index (χ1) is 28.6. The fraction of sp³-hybridized carbons (Fsp3) is 0.863. The summed E-state index contributed by atoms with van der Waals surface area (Å²) in [5.41, 5.74) is 0. The zero-order valence-electron chi connectivity index (χ0n) is 39.5. The van der Waals surface area contributed by atoms with Gasteiger partial charge in [-0.1, -0.05) is 173 Å². The van der Waals surface area contributed by atoms with Crippen LogP contribution in [0.1, 0.15) is 232 Å².